The third kappa shape index (κ3) is 6.61. The van der Waals surface area contributed by atoms with E-state index in [1.807, 2.05) is 18.2 Å². The van der Waals surface area contributed by atoms with Crippen molar-refractivity contribution in [2.75, 3.05) is 6.54 Å². The van der Waals surface area contributed by atoms with E-state index >= 15 is 0 Å². The van der Waals surface area contributed by atoms with E-state index in [0.29, 0.717) is 19.4 Å². The molecule has 0 heterocycles. The fraction of sp³-hybridized carbons (Fsp3) is 0.632. The van der Waals surface area contributed by atoms with Crippen LogP contribution in [0, 0.1) is 5.41 Å². The zero-order valence-corrected chi connectivity index (χ0v) is 14.6. The molecule has 3 nitrogen and oxygen atoms in total. The number of hydrogen-bond donors (Lipinski definition) is 2. The van der Waals surface area contributed by atoms with Gasteiger partial charge in [0.15, 0.2) is 0 Å². The Bertz CT molecular complexity index is 464. The third-order valence-corrected chi connectivity index (χ3v) is 4.14. The molecule has 1 amide bonds. The normalized spacial score (nSPS) is 13.7. The molecule has 0 aromatic heterocycles. The van der Waals surface area contributed by atoms with E-state index in [1.54, 1.807) is 6.92 Å². The number of aliphatic hydroxyl groups excluding tert-OH is 1. The lowest BCUT2D eigenvalue weighted by molar-refractivity contribution is -0.122. The summed E-state index contributed by atoms with van der Waals surface area (Å²) < 4.78 is 0. The molecule has 1 aromatic carbocycles. The number of rotatable bonds is 8. The van der Waals surface area contributed by atoms with Gasteiger partial charge in [0.2, 0.25) is 5.91 Å². The first-order valence-corrected chi connectivity index (χ1v) is 8.13. The van der Waals surface area contributed by atoms with Crippen LogP contribution in [-0.2, 0) is 10.2 Å². The highest BCUT2D eigenvalue weighted by Crippen LogP contribution is 2.28. The number of nitrogens with one attached hydrogen (secondary N) is 1. The van der Waals surface area contributed by atoms with Crippen LogP contribution in [0.5, 0.6) is 0 Å². The molecule has 0 fully saturated rings. The second-order valence-corrected chi connectivity index (χ2v) is 7.74. The van der Waals surface area contributed by atoms with Crippen molar-refractivity contribution < 1.29 is 9.90 Å². The van der Waals surface area contributed by atoms with Crippen LogP contribution in [0.3, 0.4) is 0 Å². The monoisotopic (exact) mass is 305 g/mol. The summed E-state index contributed by atoms with van der Waals surface area (Å²) in [6.45, 7) is 10.9. The van der Waals surface area contributed by atoms with Crippen LogP contribution in [0.25, 0.3) is 0 Å². The maximum Gasteiger partial charge on any atom is 0.220 e. The Kier molecular flexibility index (Phi) is 6.61. The molecule has 3 heteroatoms. The number of amides is 1. The summed E-state index contributed by atoms with van der Waals surface area (Å²) in [6.07, 6.45) is 1.68. The summed E-state index contributed by atoms with van der Waals surface area (Å²) in [5.41, 5.74) is 1.17. The highest BCUT2D eigenvalue weighted by molar-refractivity contribution is 5.76. The Hall–Kier alpha value is -1.35. The third-order valence-electron chi connectivity index (χ3n) is 4.14. The van der Waals surface area contributed by atoms with Gasteiger partial charge in [-0.2, -0.15) is 0 Å². The van der Waals surface area contributed by atoms with Crippen molar-refractivity contribution in [1.29, 1.82) is 0 Å². The Morgan fingerprint density at radius 1 is 1.18 bits per heavy atom. The summed E-state index contributed by atoms with van der Waals surface area (Å²) >= 11 is 0. The van der Waals surface area contributed by atoms with Gasteiger partial charge in [0, 0.05) is 13.0 Å². The van der Waals surface area contributed by atoms with E-state index in [1.165, 1.54) is 5.56 Å². The fourth-order valence-corrected chi connectivity index (χ4v) is 2.76. The molecule has 1 atom stereocenters. The van der Waals surface area contributed by atoms with Gasteiger partial charge in [-0.1, -0.05) is 58.0 Å². The van der Waals surface area contributed by atoms with Gasteiger partial charge < -0.3 is 10.4 Å². The first-order valence-electron chi connectivity index (χ1n) is 8.13. The molecular weight excluding hydrogens is 274 g/mol. The van der Waals surface area contributed by atoms with Gasteiger partial charge in [0.25, 0.3) is 0 Å². The molecule has 0 spiro atoms. The van der Waals surface area contributed by atoms with Gasteiger partial charge in [-0.15, -0.1) is 0 Å². The summed E-state index contributed by atoms with van der Waals surface area (Å²) in [5, 5.41) is 12.5. The number of carbonyl (C=O) groups excluding carboxylic acids is 1. The van der Waals surface area contributed by atoms with Crippen molar-refractivity contribution >= 4 is 5.91 Å². The van der Waals surface area contributed by atoms with Gasteiger partial charge in [0.1, 0.15) is 0 Å². The van der Waals surface area contributed by atoms with Crippen LogP contribution < -0.4 is 5.32 Å². The number of benzene rings is 1. The molecule has 22 heavy (non-hydrogen) atoms. The quantitative estimate of drug-likeness (QED) is 0.770. The molecule has 1 unspecified atom stereocenters. The van der Waals surface area contributed by atoms with E-state index in [0.717, 1.165) is 6.42 Å². The zero-order chi connectivity index (χ0) is 16.8. The van der Waals surface area contributed by atoms with E-state index in [4.69, 9.17) is 0 Å². The molecule has 0 saturated carbocycles. The minimum atomic E-state index is -0.344. The summed E-state index contributed by atoms with van der Waals surface area (Å²) in [6, 6.07) is 10.3. The Morgan fingerprint density at radius 3 is 2.32 bits per heavy atom. The van der Waals surface area contributed by atoms with Crippen molar-refractivity contribution in [3.63, 3.8) is 0 Å². The predicted octanol–water partition coefficient (Wildman–Crippen LogP) is 3.66. The van der Waals surface area contributed by atoms with Crippen LogP contribution in [0.15, 0.2) is 30.3 Å². The van der Waals surface area contributed by atoms with Gasteiger partial charge in [-0.05, 0) is 36.2 Å². The number of aliphatic hydroxyl groups is 1. The molecule has 1 aromatic rings. The van der Waals surface area contributed by atoms with Gasteiger partial charge in [-0.25, -0.2) is 0 Å². The highest BCUT2D eigenvalue weighted by atomic mass is 16.3. The van der Waals surface area contributed by atoms with Crippen molar-refractivity contribution in [2.24, 2.45) is 5.41 Å². The topological polar surface area (TPSA) is 49.3 Å². The first kappa shape index (κ1) is 18.7. The number of hydrogen-bond acceptors (Lipinski definition) is 2. The van der Waals surface area contributed by atoms with Crippen LogP contribution in [-0.4, -0.2) is 23.7 Å². The van der Waals surface area contributed by atoms with Crippen LogP contribution in [0.4, 0.5) is 0 Å². The minimum absolute atomic E-state index is 0.00622. The average molecular weight is 305 g/mol. The number of carbonyl (C=O) groups is 1. The minimum Gasteiger partial charge on any atom is -0.393 e. The van der Waals surface area contributed by atoms with Gasteiger partial charge in [-0.3, -0.25) is 4.79 Å². The van der Waals surface area contributed by atoms with Crippen LogP contribution >= 0.6 is 0 Å². The maximum absolute atomic E-state index is 12.1. The summed E-state index contributed by atoms with van der Waals surface area (Å²) in [4.78, 5) is 12.1. The van der Waals surface area contributed by atoms with Crippen LogP contribution in [0.1, 0.15) is 59.4 Å². The lowest BCUT2D eigenvalue weighted by Crippen LogP contribution is -2.36. The second kappa shape index (κ2) is 7.77. The van der Waals surface area contributed by atoms with Crippen LogP contribution in [0.2, 0.25) is 0 Å². The zero-order valence-electron chi connectivity index (χ0n) is 14.6. The largest absolute Gasteiger partial charge is 0.393 e. The highest BCUT2D eigenvalue weighted by Gasteiger charge is 2.23. The second-order valence-electron chi connectivity index (χ2n) is 7.74. The fourth-order valence-electron chi connectivity index (χ4n) is 2.76. The SMILES string of the molecule is CC(O)CC(C)(C)CNC(=O)CCC(C)(C)c1ccccc1. The Labute approximate surface area is 135 Å². The molecule has 1 rings (SSSR count). The van der Waals surface area contributed by atoms with Crippen molar-refractivity contribution in [1.82, 2.24) is 5.32 Å². The Balaban J connectivity index is 2.43. The van der Waals surface area contributed by atoms with Crippen molar-refractivity contribution in [2.45, 2.75) is 65.4 Å². The van der Waals surface area contributed by atoms with E-state index in [9.17, 15) is 9.90 Å². The molecule has 0 aliphatic carbocycles. The lowest BCUT2D eigenvalue weighted by atomic mass is 9.80. The van der Waals surface area contributed by atoms with Crippen molar-refractivity contribution in [3.8, 4) is 0 Å². The van der Waals surface area contributed by atoms with E-state index < -0.39 is 0 Å². The molecule has 0 aliphatic rings. The summed E-state index contributed by atoms with van der Waals surface area (Å²) in [5.74, 6) is 0.0858. The smallest absolute Gasteiger partial charge is 0.220 e. The molecule has 124 valence electrons. The molecule has 0 bridgehead atoms. The van der Waals surface area contributed by atoms with Gasteiger partial charge in [0.05, 0.1) is 6.10 Å². The van der Waals surface area contributed by atoms with Crippen molar-refractivity contribution in [3.05, 3.63) is 35.9 Å². The Morgan fingerprint density at radius 2 is 1.77 bits per heavy atom. The molecule has 2 N–H and O–H groups in total. The standard InChI is InChI=1S/C19H31NO2/c1-15(21)13-18(2,3)14-20-17(22)11-12-19(4,5)16-9-7-6-8-10-16/h6-10,15,21H,11-14H2,1-5H3,(H,20,22). The molecule has 0 radical (unpaired) electrons. The molecule has 0 aliphatic heterocycles. The predicted molar refractivity (Wildman–Crippen MR) is 91.8 cm³/mol. The first-order chi connectivity index (χ1) is 10.1. The van der Waals surface area contributed by atoms with Gasteiger partial charge >= 0.3 is 0 Å². The lowest BCUT2D eigenvalue weighted by Gasteiger charge is -2.27. The maximum atomic E-state index is 12.1. The van der Waals surface area contributed by atoms with E-state index in [-0.39, 0.29) is 22.8 Å². The summed E-state index contributed by atoms with van der Waals surface area (Å²) in [7, 11) is 0. The molecular formula is C19H31NO2. The average Bonchev–Trinajstić information content (AvgIpc) is 2.43. The molecule has 0 saturated heterocycles. The van der Waals surface area contributed by atoms with E-state index in [2.05, 4.69) is 45.1 Å².